The standard InChI is InChI=1S/C9H10FNO5S/c10-5-1-4(8(13)7(12)3-17)2-6(9(5)14)11(15)16/h1-2,7-8,12-14,17H,3H2. The van der Waals surface area contributed by atoms with E-state index in [-0.39, 0.29) is 11.3 Å². The largest absolute Gasteiger partial charge is 0.500 e. The van der Waals surface area contributed by atoms with Gasteiger partial charge in [-0.3, -0.25) is 10.1 Å². The molecule has 0 saturated heterocycles. The Balaban J connectivity index is 3.23. The molecule has 0 amide bonds. The maximum Gasteiger partial charge on any atom is 0.314 e. The number of halogens is 1. The highest BCUT2D eigenvalue weighted by molar-refractivity contribution is 7.80. The zero-order chi connectivity index (χ0) is 13.2. The van der Waals surface area contributed by atoms with E-state index >= 15 is 0 Å². The Morgan fingerprint density at radius 3 is 2.53 bits per heavy atom. The number of benzene rings is 1. The fourth-order valence-corrected chi connectivity index (χ4v) is 1.44. The van der Waals surface area contributed by atoms with Gasteiger partial charge in [0.15, 0.2) is 5.82 Å². The van der Waals surface area contributed by atoms with Crippen LogP contribution >= 0.6 is 12.6 Å². The van der Waals surface area contributed by atoms with Crippen molar-refractivity contribution < 1.29 is 24.6 Å². The average Bonchev–Trinajstić information content (AvgIpc) is 2.30. The predicted octanol–water partition coefficient (Wildman–Crippen LogP) is 0.764. The van der Waals surface area contributed by atoms with Gasteiger partial charge in [-0.2, -0.15) is 12.6 Å². The van der Waals surface area contributed by atoms with Gasteiger partial charge in [0.25, 0.3) is 0 Å². The molecule has 1 rings (SSSR count). The lowest BCUT2D eigenvalue weighted by Crippen LogP contribution is -2.20. The maximum atomic E-state index is 13.2. The van der Waals surface area contributed by atoms with Gasteiger partial charge >= 0.3 is 5.69 Å². The van der Waals surface area contributed by atoms with Crippen molar-refractivity contribution in [2.45, 2.75) is 12.2 Å². The molecule has 0 heterocycles. The summed E-state index contributed by atoms with van der Waals surface area (Å²) in [6.07, 6.45) is -2.80. The maximum absolute atomic E-state index is 13.2. The third kappa shape index (κ3) is 2.84. The number of hydrogen-bond acceptors (Lipinski definition) is 6. The van der Waals surface area contributed by atoms with Gasteiger partial charge < -0.3 is 15.3 Å². The summed E-state index contributed by atoms with van der Waals surface area (Å²) in [6, 6.07) is 1.52. The molecule has 0 saturated carbocycles. The molecule has 0 aliphatic heterocycles. The van der Waals surface area contributed by atoms with Gasteiger partial charge in [-0.05, 0) is 11.6 Å². The molecule has 0 aliphatic rings. The van der Waals surface area contributed by atoms with Gasteiger partial charge in [0.05, 0.1) is 11.0 Å². The number of nitro benzene ring substituents is 1. The quantitative estimate of drug-likeness (QED) is 0.365. The minimum Gasteiger partial charge on any atom is -0.500 e. The first-order valence-corrected chi connectivity index (χ1v) is 5.15. The van der Waals surface area contributed by atoms with Crippen LogP contribution in [-0.2, 0) is 0 Å². The second kappa shape index (κ2) is 5.30. The smallest absolute Gasteiger partial charge is 0.314 e. The normalized spacial score (nSPS) is 14.4. The number of thiol groups is 1. The van der Waals surface area contributed by atoms with Gasteiger partial charge in [-0.1, -0.05) is 0 Å². The SMILES string of the molecule is O=[N+]([O-])c1cc(C(O)C(O)CS)cc(F)c1O. The summed E-state index contributed by atoms with van der Waals surface area (Å²) in [5.41, 5.74) is -1.07. The molecule has 8 heteroatoms. The van der Waals surface area contributed by atoms with E-state index in [9.17, 15) is 24.7 Å². The van der Waals surface area contributed by atoms with Gasteiger partial charge in [-0.25, -0.2) is 4.39 Å². The van der Waals surface area contributed by atoms with Crippen molar-refractivity contribution in [2.24, 2.45) is 0 Å². The summed E-state index contributed by atoms with van der Waals surface area (Å²) >= 11 is 3.73. The molecule has 0 fully saturated rings. The molecule has 2 atom stereocenters. The molecule has 0 aromatic heterocycles. The number of phenols is 1. The molecule has 94 valence electrons. The number of nitro groups is 1. The van der Waals surface area contributed by atoms with Crippen LogP contribution in [0.5, 0.6) is 5.75 Å². The number of aliphatic hydroxyl groups excluding tert-OH is 2. The van der Waals surface area contributed by atoms with E-state index in [1.165, 1.54) is 0 Å². The summed E-state index contributed by atoms with van der Waals surface area (Å²) < 4.78 is 13.2. The van der Waals surface area contributed by atoms with Crippen molar-refractivity contribution in [3.05, 3.63) is 33.6 Å². The van der Waals surface area contributed by atoms with Crippen LogP contribution in [0.15, 0.2) is 12.1 Å². The molecule has 3 N–H and O–H groups in total. The van der Waals surface area contributed by atoms with Crippen LogP contribution < -0.4 is 0 Å². The van der Waals surface area contributed by atoms with Crippen LogP contribution in [0.3, 0.4) is 0 Å². The summed E-state index contributed by atoms with van der Waals surface area (Å²) in [4.78, 5) is 9.52. The third-order valence-corrected chi connectivity index (χ3v) is 2.53. The molecule has 17 heavy (non-hydrogen) atoms. The third-order valence-electron chi connectivity index (χ3n) is 2.16. The summed E-state index contributed by atoms with van der Waals surface area (Å²) in [5, 5.41) is 38.4. The number of aromatic hydroxyl groups is 1. The summed E-state index contributed by atoms with van der Waals surface area (Å²) in [6.45, 7) is 0. The Morgan fingerprint density at radius 1 is 1.47 bits per heavy atom. The van der Waals surface area contributed by atoms with Crippen molar-refractivity contribution in [3.63, 3.8) is 0 Å². The molecule has 1 aromatic rings. The average molecular weight is 263 g/mol. The highest BCUT2D eigenvalue weighted by Crippen LogP contribution is 2.33. The van der Waals surface area contributed by atoms with E-state index in [1.807, 2.05) is 0 Å². The van der Waals surface area contributed by atoms with Crippen molar-refractivity contribution >= 4 is 18.3 Å². The van der Waals surface area contributed by atoms with E-state index in [4.69, 9.17) is 5.11 Å². The lowest BCUT2D eigenvalue weighted by Gasteiger charge is -2.16. The second-order valence-electron chi connectivity index (χ2n) is 3.32. The van der Waals surface area contributed by atoms with E-state index in [0.717, 1.165) is 12.1 Å². The lowest BCUT2D eigenvalue weighted by molar-refractivity contribution is -0.386. The number of phenolic OH excluding ortho intramolecular Hbond substituents is 1. The van der Waals surface area contributed by atoms with Crippen LogP contribution in [-0.4, -0.2) is 32.1 Å². The Bertz CT molecular complexity index is 442. The molecule has 2 unspecified atom stereocenters. The molecular formula is C9H10FNO5S. The van der Waals surface area contributed by atoms with Crippen LogP contribution in [0.4, 0.5) is 10.1 Å². The molecule has 0 radical (unpaired) electrons. The van der Waals surface area contributed by atoms with E-state index in [1.54, 1.807) is 0 Å². The van der Waals surface area contributed by atoms with Crippen LogP contribution in [0.2, 0.25) is 0 Å². The van der Waals surface area contributed by atoms with Crippen molar-refractivity contribution in [1.29, 1.82) is 0 Å². The first kappa shape index (κ1) is 13.7. The van der Waals surface area contributed by atoms with E-state index in [0.29, 0.717) is 0 Å². The summed E-state index contributed by atoms with van der Waals surface area (Å²) in [7, 11) is 0. The zero-order valence-corrected chi connectivity index (χ0v) is 9.34. The van der Waals surface area contributed by atoms with Crippen LogP contribution in [0.25, 0.3) is 0 Å². The first-order valence-electron chi connectivity index (χ1n) is 4.52. The van der Waals surface area contributed by atoms with E-state index in [2.05, 4.69) is 12.6 Å². The highest BCUT2D eigenvalue weighted by Gasteiger charge is 2.24. The van der Waals surface area contributed by atoms with Gasteiger partial charge in [0.1, 0.15) is 6.10 Å². The molecule has 0 bridgehead atoms. The highest BCUT2D eigenvalue weighted by atomic mass is 32.1. The fraction of sp³-hybridized carbons (Fsp3) is 0.333. The predicted molar refractivity (Wildman–Crippen MR) is 59.5 cm³/mol. The monoisotopic (exact) mass is 263 g/mol. The van der Waals surface area contributed by atoms with Gasteiger partial charge in [-0.15, -0.1) is 0 Å². The van der Waals surface area contributed by atoms with Crippen molar-refractivity contribution in [2.75, 3.05) is 5.75 Å². The topological polar surface area (TPSA) is 104 Å². The van der Waals surface area contributed by atoms with Crippen molar-refractivity contribution in [3.8, 4) is 5.75 Å². The molecule has 0 spiro atoms. The molecule has 6 nitrogen and oxygen atoms in total. The Morgan fingerprint density at radius 2 is 2.06 bits per heavy atom. The Hall–Kier alpha value is -1.38. The van der Waals surface area contributed by atoms with Gasteiger partial charge in [0.2, 0.25) is 5.75 Å². The lowest BCUT2D eigenvalue weighted by atomic mass is 10.0. The Labute approximate surface area is 101 Å². The number of nitrogens with zero attached hydrogens (tertiary/aromatic N) is 1. The van der Waals surface area contributed by atoms with Crippen molar-refractivity contribution in [1.82, 2.24) is 0 Å². The van der Waals surface area contributed by atoms with E-state index < -0.39 is 34.4 Å². The second-order valence-corrected chi connectivity index (χ2v) is 3.69. The van der Waals surface area contributed by atoms with Gasteiger partial charge in [0, 0.05) is 11.8 Å². The van der Waals surface area contributed by atoms with Crippen LogP contribution in [0.1, 0.15) is 11.7 Å². The first-order chi connectivity index (χ1) is 7.88. The molecule has 0 aliphatic carbocycles. The molecule has 1 aromatic carbocycles. The fourth-order valence-electron chi connectivity index (χ4n) is 1.24. The zero-order valence-electron chi connectivity index (χ0n) is 8.45. The Kier molecular flexibility index (Phi) is 4.27. The number of hydrogen-bond donors (Lipinski definition) is 4. The minimum absolute atomic E-state index is 0.0997. The molecular weight excluding hydrogens is 253 g/mol. The number of rotatable bonds is 4. The van der Waals surface area contributed by atoms with Crippen LogP contribution in [0, 0.1) is 15.9 Å². The minimum atomic E-state index is -1.51. The number of aliphatic hydroxyl groups is 2. The summed E-state index contributed by atoms with van der Waals surface area (Å²) in [5.74, 6) is -2.44.